The van der Waals surface area contributed by atoms with Crippen LogP contribution in [0.15, 0.2) is 82.5 Å². The second-order valence-electron chi connectivity index (χ2n) is 8.05. The van der Waals surface area contributed by atoms with Crippen molar-refractivity contribution >= 4 is 11.2 Å². The van der Waals surface area contributed by atoms with E-state index in [1.807, 2.05) is 66.7 Å². The second kappa shape index (κ2) is 8.94. The van der Waals surface area contributed by atoms with Crippen molar-refractivity contribution in [2.45, 2.75) is 6.54 Å². The Morgan fingerprint density at radius 3 is 2.40 bits per heavy atom. The molecule has 35 heavy (non-hydrogen) atoms. The average Bonchev–Trinajstić information content (AvgIpc) is 3.25. The molecule has 2 aromatic carbocycles. The van der Waals surface area contributed by atoms with E-state index in [-0.39, 0.29) is 17.2 Å². The quantitative estimate of drug-likeness (QED) is 0.379. The zero-order valence-corrected chi connectivity index (χ0v) is 19.5. The van der Waals surface area contributed by atoms with Crippen molar-refractivity contribution in [2.75, 3.05) is 7.11 Å². The molecule has 5 rings (SSSR count). The van der Waals surface area contributed by atoms with E-state index < -0.39 is 11.2 Å². The number of pyridine rings is 1. The van der Waals surface area contributed by atoms with Crippen LogP contribution in [0.25, 0.3) is 22.4 Å². The molecule has 0 amide bonds. The molecule has 3 aromatic heterocycles. The molecule has 5 aromatic rings. The molecule has 9 heteroatoms. The number of benzene rings is 2. The molecule has 3 heterocycles. The molecule has 0 atom stereocenters. The second-order valence-corrected chi connectivity index (χ2v) is 8.05. The van der Waals surface area contributed by atoms with Crippen molar-refractivity contribution in [1.82, 2.24) is 23.7 Å². The molecule has 0 unspecified atom stereocenters. The normalized spacial score (nSPS) is 11.1. The van der Waals surface area contributed by atoms with Crippen molar-refractivity contribution in [1.29, 1.82) is 0 Å². The Morgan fingerprint density at radius 2 is 1.69 bits per heavy atom. The molecule has 0 saturated carbocycles. The summed E-state index contributed by atoms with van der Waals surface area (Å²) in [6, 6.07) is 20.9. The van der Waals surface area contributed by atoms with E-state index in [2.05, 4.69) is 9.97 Å². The maximum atomic E-state index is 13.1. The minimum absolute atomic E-state index is 0.201. The Labute approximate surface area is 200 Å². The van der Waals surface area contributed by atoms with Crippen LogP contribution in [0, 0.1) is 0 Å². The smallest absolute Gasteiger partial charge is 0.332 e. The number of aromatic nitrogens is 5. The van der Waals surface area contributed by atoms with E-state index >= 15 is 0 Å². The number of imidazole rings is 1. The van der Waals surface area contributed by atoms with E-state index in [0.29, 0.717) is 18.0 Å². The largest absolute Gasteiger partial charge is 0.497 e. The van der Waals surface area contributed by atoms with Gasteiger partial charge < -0.3 is 9.47 Å². The molecular weight excluding hydrogens is 446 g/mol. The number of hydrogen-bond donors (Lipinski definition) is 0. The summed E-state index contributed by atoms with van der Waals surface area (Å²) in [5, 5.41) is 0. The summed E-state index contributed by atoms with van der Waals surface area (Å²) in [5.74, 6) is 1.23. The number of fused-ring (bicyclic) bond motifs is 1. The summed E-state index contributed by atoms with van der Waals surface area (Å²) in [6.45, 7) is 0.294. The predicted molar refractivity (Wildman–Crippen MR) is 132 cm³/mol. The van der Waals surface area contributed by atoms with Gasteiger partial charge in [0.15, 0.2) is 11.2 Å². The Hall–Kier alpha value is -4.66. The molecule has 9 nitrogen and oxygen atoms in total. The lowest BCUT2D eigenvalue weighted by molar-refractivity contribution is 0.412. The van der Waals surface area contributed by atoms with Crippen LogP contribution >= 0.6 is 0 Å². The van der Waals surface area contributed by atoms with Gasteiger partial charge >= 0.3 is 11.7 Å². The predicted octanol–water partition coefficient (Wildman–Crippen LogP) is 3.34. The number of hydrogen-bond acceptors (Lipinski definition) is 6. The van der Waals surface area contributed by atoms with E-state index in [4.69, 9.17) is 9.47 Å². The third-order valence-corrected chi connectivity index (χ3v) is 5.81. The molecule has 0 spiro atoms. The van der Waals surface area contributed by atoms with Gasteiger partial charge in [0, 0.05) is 25.9 Å². The first-order chi connectivity index (χ1) is 17.0. The zero-order chi connectivity index (χ0) is 24.5. The van der Waals surface area contributed by atoms with Crippen molar-refractivity contribution in [2.24, 2.45) is 14.1 Å². The summed E-state index contributed by atoms with van der Waals surface area (Å²) in [6.07, 6.45) is 1.74. The summed E-state index contributed by atoms with van der Waals surface area (Å²) in [4.78, 5) is 34.5. The highest BCUT2D eigenvalue weighted by Crippen LogP contribution is 2.27. The molecule has 0 aliphatic rings. The van der Waals surface area contributed by atoms with Crippen LogP contribution in [0.5, 0.6) is 17.5 Å². The first kappa shape index (κ1) is 22.1. The number of nitrogens with zero attached hydrogens (tertiary/aromatic N) is 5. The molecule has 176 valence electrons. The Bertz CT molecular complexity index is 1630. The molecule has 0 fully saturated rings. The summed E-state index contributed by atoms with van der Waals surface area (Å²) >= 11 is 0. The third kappa shape index (κ3) is 4.08. The van der Waals surface area contributed by atoms with Crippen molar-refractivity contribution in [3.8, 4) is 28.8 Å². The van der Waals surface area contributed by atoms with E-state index in [9.17, 15) is 9.59 Å². The van der Waals surface area contributed by atoms with Crippen LogP contribution in [0.2, 0.25) is 0 Å². The minimum Gasteiger partial charge on any atom is -0.497 e. The van der Waals surface area contributed by atoms with Gasteiger partial charge in [0.2, 0.25) is 0 Å². The number of aryl methyl sites for hydroxylation is 1. The van der Waals surface area contributed by atoms with Gasteiger partial charge in [-0.3, -0.25) is 23.5 Å². The number of rotatable bonds is 6. The van der Waals surface area contributed by atoms with Crippen LogP contribution in [0.4, 0.5) is 0 Å². The van der Waals surface area contributed by atoms with Crippen molar-refractivity contribution in [3.63, 3.8) is 0 Å². The lowest BCUT2D eigenvalue weighted by Gasteiger charge is -2.11. The third-order valence-electron chi connectivity index (χ3n) is 5.81. The average molecular weight is 470 g/mol. The van der Waals surface area contributed by atoms with E-state index in [1.165, 1.54) is 11.6 Å². The van der Waals surface area contributed by atoms with Crippen LogP contribution in [0.3, 0.4) is 0 Å². The van der Waals surface area contributed by atoms with Gasteiger partial charge in [0.1, 0.15) is 11.5 Å². The Kier molecular flexibility index (Phi) is 5.66. The monoisotopic (exact) mass is 469 g/mol. The molecule has 0 radical (unpaired) electrons. The lowest BCUT2D eigenvalue weighted by atomic mass is 10.1. The number of methoxy groups -OCH3 is 1. The fraction of sp³-hybridized carbons (Fsp3) is 0.154. The van der Waals surface area contributed by atoms with Crippen LogP contribution in [0.1, 0.15) is 5.56 Å². The topological polar surface area (TPSA) is 93.2 Å². The van der Waals surface area contributed by atoms with E-state index in [0.717, 1.165) is 21.4 Å². The summed E-state index contributed by atoms with van der Waals surface area (Å²) in [5.41, 5.74) is 2.30. The van der Waals surface area contributed by atoms with Crippen molar-refractivity contribution in [3.05, 3.63) is 99.3 Å². The first-order valence-corrected chi connectivity index (χ1v) is 10.9. The molecular formula is C26H23N5O4. The molecule has 0 aliphatic heterocycles. The fourth-order valence-electron chi connectivity index (χ4n) is 3.94. The lowest BCUT2D eigenvalue weighted by Crippen LogP contribution is -2.37. The summed E-state index contributed by atoms with van der Waals surface area (Å²) < 4.78 is 15.6. The van der Waals surface area contributed by atoms with Crippen LogP contribution < -0.4 is 20.7 Å². The van der Waals surface area contributed by atoms with Gasteiger partial charge in [-0.1, -0.05) is 18.2 Å². The Morgan fingerprint density at radius 1 is 0.886 bits per heavy atom. The first-order valence-electron chi connectivity index (χ1n) is 10.9. The van der Waals surface area contributed by atoms with Gasteiger partial charge in [-0.2, -0.15) is 4.98 Å². The molecule has 0 aliphatic carbocycles. The molecule has 0 bridgehead atoms. The summed E-state index contributed by atoms with van der Waals surface area (Å²) in [7, 11) is 4.63. The molecule has 0 N–H and O–H groups in total. The fourth-order valence-corrected chi connectivity index (χ4v) is 3.94. The Balaban J connectivity index is 1.60. The van der Waals surface area contributed by atoms with Crippen LogP contribution in [-0.2, 0) is 20.6 Å². The van der Waals surface area contributed by atoms with Gasteiger partial charge in [-0.05, 0) is 54.1 Å². The SMILES string of the molecule is COc1cccc(Cn2c(Oc3ccc(-c4ccccn4)cc3)nc3c2c(=O)n(C)c(=O)n3C)c1. The van der Waals surface area contributed by atoms with Gasteiger partial charge in [-0.25, -0.2) is 4.79 Å². The van der Waals surface area contributed by atoms with Gasteiger partial charge in [0.05, 0.1) is 19.3 Å². The van der Waals surface area contributed by atoms with E-state index in [1.54, 1.807) is 24.9 Å². The van der Waals surface area contributed by atoms with Gasteiger partial charge in [0.25, 0.3) is 5.56 Å². The minimum atomic E-state index is -0.459. The standard InChI is InChI=1S/C26H23N5O4/c1-29-23-22(24(32)30(2)26(29)33)31(16-17-7-6-8-20(15-17)34-3)25(28-23)35-19-12-10-18(11-13-19)21-9-4-5-14-27-21/h4-15H,16H2,1-3H3. The van der Waals surface area contributed by atoms with Crippen molar-refractivity contribution < 1.29 is 9.47 Å². The molecule has 0 saturated heterocycles. The maximum Gasteiger partial charge on any atom is 0.332 e. The maximum absolute atomic E-state index is 13.1. The highest BCUT2D eigenvalue weighted by Gasteiger charge is 2.21. The zero-order valence-electron chi connectivity index (χ0n) is 19.5. The highest BCUT2D eigenvalue weighted by atomic mass is 16.5. The van der Waals surface area contributed by atoms with Crippen LogP contribution in [-0.4, -0.2) is 30.8 Å². The highest BCUT2D eigenvalue weighted by molar-refractivity contribution is 5.72. The number of ether oxygens (including phenoxy) is 2. The van der Waals surface area contributed by atoms with Gasteiger partial charge in [-0.15, -0.1) is 0 Å².